The third kappa shape index (κ3) is 1.86. The fourth-order valence-electron chi connectivity index (χ4n) is 2.57. The molecule has 0 radical (unpaired) electrons. The number of hydrogen-bond donors (Lipinski definition) is 1. The lowest BCUT2D eigenvalue weighted by Gasteiger charge is -2.13. The fourth-order valence-corrected chi connectivity index (χ4v) is 2.57. The van der Waals surface area contributed by atoms with Crippen molar-refractivity contribution in [3.63, 3.8) is 0 Å². The molecule has 3 heteroatoms. The Bertz CT molecular complexity index is 629. The molecule has 1 aromatic heterocycles. The van der Waals surface area contributed by atoms with E-state index in [0.29, 0.717) is 0 Å². The number of nitrogens with zero attached hydrogens (tertiary/aromatic N) is 1. The van der Waals surface area contributed by atoms with Crippen LogP contribution in [0.1, 0.15) is 30.5 Å². The summed E-state index contributed by atoms with van der Waals surface area (Å²) in [6, 6.07) is 10.2. The summed E-state index contributed by atoms with van der Waals surface area (Å²) in [6.45, 7) is 1.97. The van der Waals surface area contributed by atoms with Crippen molar-refractivity contribution in [1.82, 2.24) is 4.98 Å². The summed E-state index contributed by atoms with van der Waals surface area (Å²) in [4.78, 5) is 15.4. The van der Waals surface area contributed by atoms with E-state index in [-0.39, 0.29) is 11.8 Å². The first kappa shape index (κ1) is 11.2. The molecule has 1 aliphatic carbocycles. The molecule has 1 saturated carbocycles. The minimum Gasteiger partial charge on any atom is -0.481 e. The predicted octanol–water partition coefficient (Wildman–Crippen LogP) is 3.05. The maximum Gasteiger partial charge on any atom is 0.304 e. The second-order valence-electron chi connectivity index (χ2n) is 5.21. The van der Waals surface area contributed by atoms with Gasteiger partial charge in [-0.3, -0.25) is 9.78 Å². The van der Waals surface area contributed by atoms with Crippen LogP contribution in [0, 0.1) is 6.92 Å². The zero-order valence-corrected chi connectivity index (χ0v) is 10.3. The van der Waals surface area contributed by atoms with Crippen molar-refractivity contribution >= 4 is 16.9 Å². The summed E-state index contributed by atoms with van der Waals surface area (Å²) in [6.07, 6.45) is 2.19. The number of aromatic nitrogens is 1. The fraction of sp³-hybridized carbons (Fsp3) is 0.333. The van der Waals surface area contributed by atoms with Gasteiger partial charge in [0.1, 0.15) is 0 Å². The predicted molar refractivity (Wildman–Crippen MR) is 69.6 cm³/mol. The lowest BCUT2D eigenvalue weighted by atomic mass is 9.91. The van der Waals surface area contributed by atoms with Gasteiger partial charge in [-0.05, 0) is 43.5 Å². The number of pyridine rings is 1. The van der Waals surface area contributed by atoms with Gasteiger partial charge in [-0.15, -0.1) is 0 Å². The van der Waals surface area contributed by atoms with Gasteiger partial charge in [-0.25, -0.2) is 0 Å². The molecule has 0 amide bonds. The third-order valence-electron chi connectivity index (χ3n) is 3.78. The van der Waals surface area contributed by atoms with Crippen molar-refractivity contribution in [3.05, 3.63) is 41.6 Å². The molecule has 1 aliphatic rings. The van der Waals surface area contributed by atoms with Gasteiger partial charge in [-0.1, -0.05) is 12.1 Å². The van der Waals surface area contributed by atoms with Crippen LogP contribution in [-0.4, -0.2) is 16.1 Å². The van der Waals surface area contributed by atoms with E-state index in [0.717, 1.165) is 35.0 Å². The first-order valence-electron chi connectivity index (χ1n) is 6.19. The number of aryl methyl sites for hydroxylation is 1. The number of benzene rings is 1. The molecular weight excluding hydrogens is 226 g/mol. The second kappa shape index (κ2) is 3.80. The highest BCUT2D eigenvalue weighted by molar-refractivity contribution is 5.80. The number of fused-ring (bicyclic) bond motifs is 1. The summed E-state index contributed by atoms with van der Waals surface area (Å²) in [5, 5.41) is 10.1. The Morgan fingerprint density at radius 1 is 1.33 bits per heavy atom. The normalized spacial score (nSPS) is 16.7. The number of hydrogen-bond acceptors (Lipinski definition) is 2. The molecule has 1 N–H and O–H groups in total. The van der Waals surface area contributed by atoms with Crippen molar-refractivity contribution in [2.45, 2.75) is 31.6 Å². The van der Waals surface area contributed by atoms with Crippen LogP contribution >= 0.6 is 0 Å². The molecule has 1 aromatic carbocycles. The van der Waals surface area contributed by atoms with E-state index in [9.17, 15) is 4.79 Å². The average Bonchev–Trinajstić information content (AvgIpc) is 3.08. The number of carboxylic acid groups (broad SMARTS) is 1. The van der Waals surface area contributed by atoms with Gasteiger partial charge in [0.15, 0.2) is 0 Å². The van der Waals surface area contributed by atoms with Crippen LogP contribution in [0.2, 0.25) is 0 Å². The zero-order valence-electron chi connectivity index (χ0n) is 10.3. The highest BCUT2D eigenvalue weighted by atomic mass is 16.4. The molecule has 0 saturated heterocycles. The van der Waals surface area contributed by atoms with E-state index in [2.05, 4.69) is 17.1 Å². The number of rotatable bonds is 3. The van der Waals surface area contributed by atoms with Crippen molar-refractivity contribution in [3.8, 4) is 0 Å². The Morgan fingerprint density at radius 2 is 2.11 bits per heavy atom. The maximum absolute atomic E-state index is 10.9. The van der Waals surface area contributed by atoms with Gasteiger partial charge in [0.25, 0.3) is 0 Å². The lowest BCUT2D eigenvalue weighted by molar-refractivity contribution is -0.137. The van der Waals surface area contributed by atoms with Gasteiger partial charge in [0, 0.05) is 16.5 Å². The zero-order chi connectivity index (χ0) is 12.8. The SMILES string of the molecule is Cc1ccc2cc(C3(CC(=O)O)CC3)ccc2n1. The Kier molecular flexibility index (Phi) is 2.37. The Labute approximate surface area is 105 Å². The van der Waals surface area contributed by atoms with E-state index < -0.39 is 5.97 Å². The van der Waals surface area contributed by atoms with E-state index in [1.165, 1.54) is 0 Å². The summed E-state index contributed by atoms with van der Waals surface area (Å²) in [5.41, 5.74) is 3.00. The summed E-state index contributed by atoms with van der Waals surface area (Å²) in [7, 11) is 0. The first-order valence-corrected chi connectivity index (χ1v) is 6.19. The van der Waals surface area contributed by atoms with Gasteiger partial charge < -0.3 is 5.11 Å². The topological polar surface area (TPSA) is 50.2 Å². The molecule has 0 bridgehead atoms. The van der Waals surface area contributed by atoms with E-state index >= 15 is 0 Å². The van der Waals surface area contributed by atoms with Crippen LogP contribution in [0.15, 0.2) is 30.3 Å². The van der Waals surface area contributed by atoms with Crippen molar-refractivity contribution in [2.24, 2.45) is 0 Å². The molecule has 2 aromatic rings. The first-order chi connectivity index (χ1) is 8.59. The molecule has 1 fully saturated rings. The van der Waals surface area contributed by atoms with E-state index in [4.69, 9.17) is 5.11 Å². The summed E-state index contributed by atoms with van der Waals surface area (Å²) < 4.78 is 0. The van der Waals surface area contributed by atoms with Crippen molar-refractivity contribution in [2.75, 3.05) is 0 Å². The number of carboxylic acids is 1. The maximum atomic E-state index is 10.9. The van der Waals surface area contributed by atoms with Crippen LogP contribution in [0.4, 0.5) is 0 Å². The molecule has 0 spiro atoms. The highest BCUT2D eigenvalue weighted by Crippen LogP contribution is 2.51. The Morgan fingerprint density at radius 3 is 2.78 bits per heavy atom. The summed E-state index contributed by atoms with van der Waals surface area (Å²) >= 11 is 0. The van der Waals surface area contributed by atoms with Crippen LogP contribution in [0.3, 0.4) is 0 Å². The highest BCUT2D eigenvalue weighted by Gasteiger charge is 2.45. The molecule has 0 atom stereocenters. The molecule has 1 heterocycles. The van der Waals surface area contributed by atoms with Gasteiger partial charge >= 0.3 is 5.97 Å². The number of aliphatic carboxylic acids is 1. The van der Waals surface area contributed by atoms with Crippen molar-refractivity contribution < 1.29 is 9.90 Å². The Hall–Kier alpha value is -1.90. The average molecular weight is 241 g/mol. The third-order valence-corrected chi connectivity index (χ3v) is 3.78. The Balaban J connectivity index is 2.04. The minimum absolute atomic E-state index is 0.120. The molecule has 0 aliphatic heterocycles. The van der Waals surface area contributed by atoms with Crippen LogP contribution < -0.4 is 0 Å². The smallest absolute Gasteiger partial charge is 0.304 e. The standard InChI is InChI=1S/C15H15NO2/c1-10-2-3-11-8-12(4-5-13(11)16-10)15(6-7-15)9-14(17)18/h2-5,8H,6-7,9H2,1H3,(H,17,18). The van der Waals surface area contributed by atoms with Crippen LogP contribution in [0.5, 0.6) is 0 Å². The molecule has 0 unspecified atom stereocenters. The molecule has 3 nitrogen and oxygen atoms in total. The van der Waals surface area contributed by atoms with E-state index in [1.54, 1.807) is 0 Å². The van der Waals surface area contributed by atoms with Crippen molar-refractivity contribution in [1.29, 1.82) is 0 Å². The van der Waals surface area contributed by atoms with Gasteiger partial charge in [0.2, 0.25) is 0 Å². The largest absolute Gasteiger partial charge is 0.481 e. The summed E-state index contributed by atoms with van der Waals surface area (Å²) in [5.74, 6) is -0.713. The molecule has 18 heavy (non-hydrogen) atoms. The minimum atomic E-state index is -0.713. The van der Waals surface area contributed by atoms with Gasteiger partial charge in [-0.2, -0.15) is 0 Å². The van der Waals surface area contributed by atoms with Crippen LogP contribution in [0.25, 0.3) is 10.9 Å². The van der Waals surface area contributed by atoms with Crippen LogP contribution in [-0.2, 0) is 10.2 Å². The van der Waals surface area contributed by atoms with Gasteiger partial charge in [0.05, 0.1) is 11.9 Å². The second-order valence-corrected chi connectivity index (χ2v) is 5.21. The number of carbonyl (C=O) groups is 1. The molecular formula is C15H15NO2. The quantitative estimate of drug-likeness (QED) is 0.898. The molecule has 3 rings (SSSR count). The monoisotopic (exact) mass is 241 g/mol. The molecule has 92 valence electrons. The lowest BCUT2D eigenvalue weighted by Crippen LogP contribution is -2.12. The van der Waals surface area contributed by atoms with E-state index in [1.807, 2.05) is 25.1 Å².